The van der Waals surface area contributed by atoms with E-state index in [1.54, 1.807) is 24.3 Å². The summed E-state index contributed by atoms with van der Waals surface area (Å²) in [5, 5.41) is 9.61. The van der Waals surface area contributed by atoms with E-state index in [9.17, 15) is 0 Å². The predicted octanol–water partition coefficient (Wildman–Crippen LogP) is 2.90. The van der Waals surface area contributed by atoms with Gasteiger partial charge in [0.2, 0.25) is 5.95 Å². The molecule has 17 heavy (non-hydrogen) atoms. The number of rotatable bonds is 1. The first-order chi connectivity index (χ1) is 8.11. The first-order valence-corrected chi connectivity index (χ1v) is 5.36. The fourth-order valence-electron chi connectivity index (χ4n) is 1.39. The van der Waals surface area contributed by atoms with Crippen LogP contribution in [-0.4, -0.2) is 9.97 Å². The van der Waals surface area contributed by atoms with Gasteiger partial charge in [-0.05, 0) is 12.1 Å². The van der Waals surface area contributed by atoms with Gasteiger partial charge in [-0.3, -0.25) is 0 Å². The van der Waals surface area contributed by atoms with Crippen LogP contribution < -0.4 is 5.73 Å². The lowest BCUT2D eigenvalue weighted by atomic mass is 10.1. The SMILES string of the molecule is N#Cc1c(Cl)nc(N)nc1-c1cccc(Cl)c1. The highest BCUT2D eigenvalue weighted by Gasteiger charge is 2.13. The van der Waals surface area contributed by atoms with Gasteiger partial charge in [-0.1, -0.05) is 35.3 Å². The molecule has 0 spiro atoms. The normalized spacial score (nSPS) is 9.94. The summed E-state index contributed by atoms with van der Waals surface area (Å²) >= 11 is 11.7. The van der Waals surface area contributed by atoms with Crippen molar-refractivity contribution in [1.29, 1.82) is 5.26 Å². The van der Waals surface area contributed by atoms with Crippen LogP contribution in [0.1, 0.15) is 5.56 Å². The van der Waals surface area contributed by atoms with E-state index in [1.807, 2.05) is 6.07 Å². The molecule has 0 fully saturated rings. The molecule has 0 unspecified atom stereocenters. The van der Waals surface area contributed by atoms with E-state index in [2.05, 4.69) is 9.97 Å². The Hall–Kier alpha value is -1.83. The molecule has 0 saturated heterocycles. The molecule has 0 bridgehead atoms. The Labute approximate surface area is 108 Å². The summed E-state index contributed by atoms with van der Waals surface area (Å²) in [5.74, 6) is 0.0176. The summed E-state index contributed by atoms with van der Waals surface area (Å²) in [6.45, 7) is 0. The number of hydrogen-bond acceptors (Lipinski definition) is 4. The lowest BCUT2D eigenvalue weighted by Gasteiger charge is -2.05. The fraction of sp³-hybridized carbons (Fsp3) is 0. The van der Waals surface area contributed by atoms with Crippen LogP contribution in [-0.2, 0) is 0 Å². The molecule has 0 aliphatic carbocycles. The smallest absolute Gasteiger partial charge is 0.222 e. The average Bonchev–Trinajstić information content (AvgIpc) is 2.28. The number of halogens is 2. The Morgan fingerprint density at radius 1 is 1.24 bits per heavy atom. The lowest BCUT2D eigenvalue weighted by Crippen LogP contribution is -2.00. The third kappa shape index (κ3) is 2.31. The lowest BCUT2D eigenvalue weighted by molar-refractivity contribution is 1.17. The standard InChI is InChI=1S/C11H6Cl2N4/c12-7-3-1-2-6(4-7)9-8(5-14)10(13)17-11(15)16-9/h1-4H,(H2,15,16,17). The molecule has 2 N–H and O–H groups in total. The van der Waals surface area contributed by atoms with Gasteiger partial charge in [0.15, 0.2) is 5.15 Å². The minimum atomic E-state index is 0.0176. The van der Waals surface area contributed by atoms with Gasteiger partial charge >= 0.3 is 0 Å². The molecular formula is C11H6Cl2N4. The molecule has 4 nitrogen and oxygen atoms in total. The summed E-state index contributed by atoms with van der Waals surface area (Å²) < 4.78 is 0. The van der Waals surface area contributed by atoms with Crippen molar-refractivity contribution < 1.29 is 0 Å². The summed E-state index contributed by atoms with van der Waals surface area (Å²) in [5.41, 5.74) is 6.75. The summed E-state index contributed by atoms with van der Waals surface area (Å²) in [6, 6.07) is 8.88. The molecule has 0 amide bonds. The number of nitrogens with two attached hydrogens (primary N) is 1. The maximum Gasteiger partial charge on any atom is 0.222 e. The van der Waals surface area contributed by atoms with Gasteiger partial charge in [-0.25, -0.2) is 4.98 Å². The minimum Gasteiger partial charge on any atom is -0.368 e. The Balaban J connectivity index is 2.71. The molecule has 2 rings (SSSR count). The van der Waals surface area contributed by atoms with Crippen LogP contribution in [0.15, 0.2) is 24.3 Å². The second-order valence-corrected chi connectivity index (χ2v) is 4.01. The molecule has 1 aromatic heterocycles. The van der Waals surface area contributed by atoms with Crippen LogP contribution in [0.5, 0.6) is 0 Å². The van der Waals surface area contributed by atoms with E-state index in [-0.39, 0.29) is 16.7 Å². The average molecular weight is 265 g/mol. The first-order valence-electron chi connectivity index (χ1n) is 4.61. The van der Waals surface area contributed by atoms with Gasteiger partial charge < -0.3 is 5.73 Å². The van der Waals surface area contributed by atoms with Crippen molar-refractivity contribution in [2.24, 2.45) is 0 Å². The van der Waals surface area contributed by atoms with Crippen molar-refractivity contribution in [3.63, 3.8) is 0 Å². The van der Waals surface area contributed by atoms with Crippen LogP contribution in [0.4, 0.5) is 5.95 Å². The highest BCUT2D eigenvalue weighted by Crippen LogP contribution is 2.27. The third-order valence-corrected chi connectivity index (χ3v) is 2.60. The Morgan fingerprint density at radius 3 is 2.65 bits per heavy atom. The molecule has 6 heteroatoms. The zero-order valence-electron chi connectivity index (χ0n) is 8.48. The monoisotopic (exact) mass is 264 g/mol. The quantitative estimate of drug-likeness (QED) is 0.804. The third-order valence-electron chi connectivity index (χ3n) is 2.09. The van der Waals surface area contributed by atoms with Crippen molar-refractivity contribution in [2.45, 2.75) is 0 Å². The molecule has 1 aromatic carbocycles. The molecule has 0 aliphatic rings. The van der Waals surface area contributed by atoms with Gasteiger partial charge in [0.05, 0.1) is 5.69 Å². The number of nitriles is 1. The molecule has 0 radical (unpaired) electrons. The van der Waals surface area contributed by atoms with Crippen LogP contribution in [0.2, 0.25) is 10.2 Å². The van der Waals surface area contributed by atoms with Crippen LogP contribution >= 0.6 is 23.2 Å². The van der Waals surface area contributed by atoms with E-state index >= 15 is 0 Å². The van der Waals surface area contributed by atoms with Crippen LogP contribution in [0, 0.1) is 11.3 Å². The zero-order chi connectivity index (χ0) is 12.4. The second kappa shape index (κ2) is 4.58. The maximum absolute atomic E-state index is 9.03. The molecule has 0 aliphatic heterocycles. The number of nitrogens with zero attached hydrogens (tertiary/aromatic N) is 3. The maximum atomic E-state index is 9.03. The first kappa shape index (κ1) is 11.6. The van der Waals surface area contributed by atoms with E-state index in [0.29, 0.717) is 16.3 Å². The van der Waals surface area contributed by atoms with Gasteiger partial charge in [-0.2, -0.15) is 10.2 Å². The molecule has 1 heterocycles. The van der Waals surface area contributed by atoms with Crippen molar-refractivity contribution >= 4 is 29.2 Å². The van der Waals surface area contributed by atoms with Crippen molar-refractivity contribution in [1.82, 2.24) is 9.97 Å². The fourth-order valence-corrected chi connectivity index (χ4v) is 1.80. The topological polar surface area (TPSA) is 75.6 Å². The van der Waals surface area contributed by atoms with E-state index in [1.165, 1.54) is 0 Å². The van der Waals surface area contributed by atoms with Gasteiger partial charge in [0.25, 0.3) is 0 Å². The molecule has 0 saturated carbocycles. The Kier molecular flexibility index (Phi) is 3.14. The zero-order valence-corrected chi connectivity index (χ0v) is 10.00. The number of nitrogen functional groups attached to an aromatic ring is 1. The second-order valence-electron chi connectivity index (χ2n) is 3.22. The van der Waals surface area contributed by atoms with E-state index in [4.69, 9.17) is 34.2 Å². The Bertz CT molecular complexity index is 619. The van der Waals surface area contributed by atoms with E-state index in [0.717, 1.165) is 0 Å². The molecular weight excluding hydrogens is 259 g/mol. The highest BCUT2D eigenvalue weighted by molar-refractivity contribution is 6.31. The van der Waals surface area contributed by atoms with Crippen LogP contribution in [0.3, 0.4) is 0 Å². The van der Waals surface area contributed by atoms with Crippen molar-refractivity contribution in [3.8, 4) is 17.3 Å². The summed E-state index contributed by atoms with van der Waals surface area (Å²) in [4.78, 5) is 7.75. The van der Waals surface area contributed by atoms with Gasteiger partial charge in [0.1, 0.15) is 11.6 Å². The van der Waals surface area contributed by atoms with Crippen LogP contribution in [0.25, 0.3) is 11.3 Å². The van der Waals surface area contributed by atoms with Gasteiger partial charge in [0, 0.05) is 10.6 Å². The van der Waals surface area contributed by atoms with Crippen molar-refractivity contribution in [2.75, 3.05) is 5.73 Å². The largest absolute Gasteiger partial charge is 0.368 e. The molecule has 84 valence electrons. The van der Waals surface area contributed by atoms with Crippen molar-refractivity contribution in [3.05, 3.63) is 40.0 Å². The summed E-state index contributed by atoms with van der Waals surface area (Å²) in [7, 11) is 0. The van der Waals surface area contributed by atoms with E-state index < -0.39 is 0 Å². The highest BCUT2D eigenvalue weighted by atomic mass is 35.5. The Morgan fingerprint density at radius 2 is 2.00 bits per heavy atom. The minimum absolute atomic E-state index is 0.0176. The number of benzene rings is 1. The number of aromatic nitrogens is 2. The number of anilines is 1. The molecule has 2 aromatic rings. The molecule has 0 atom stereocenters. The predicted molar refractivity (Wildman–Crippen MR) is 66.6 cm³/mol. The van der Waals surface area contributed by atoms with Gasteiger partial charge in [-0.15, -0.1) is 0 Å². The number of hydrogen-bond donors (Lipinski definition) is 1. The summed E-state index contributed by atoms with van der Waals surface area (Å²) in [6.07, 6.45) is 0.